The zero-order valence-corrected chi connectivity index (χ0v) is 7.22. The minimum absolute atomic E-state index is 0.103. The highest BCUT2D eigenvalue weighted by atomic mass is 19.3. The number of halogens is 3. The summed E-state index contributed by atoms with van der Waals surface area (Å²) < 4.78 is 37.3. The summed E-state index contributed by atoms with van der Waals surface area (Å²) in [6.07, 6.45) is -2.87. The van der Waals surface area contributed by atoms with Gasteiger partial charge in [-0.25, -0.2) is 18.0 Å². The second-order valence-corrected chi connectivity index (χ2v) is 2.77. The maximum absolute atomic E-state index is 12.7. The van der Waals surface area contributed by atoms with E-state index in [0.717, 1.165) is 6.07 Å². The Morgan fingerprint density at radius 1 is 1.43 bits per heavy atom. The SMILES string of the molecule is Cc1c(C(=O)O)cc(F)cc1C(F)F. The molecule has 0 bridgehead atoms. The summed E-state index contributed by atoms with van der Waals surface area (Å²) in [5, 5.41) is 8.58. The van der Waals surface area contributed by atoms with Crippen molar-refractivity contribution in [3.63, 3.8) is 0 Å². The number of benzene rings is 1. The van der Waals surface area contributed by atoms with Crippen LogP contribution in [0.1, 0.15) is 27.9 Å². The lowest BCUT2D eigenvalue weighted by Gasteiger charge is -2.07. The lowest BCUT2D eigenvalue weighted by atomic mass is 10.0. The number of hydrogen-bond acceptors (Lipinski definition) is 1. The highest BCUT2D eigenvalue weighted by Crippen LogP contribution is 2.26. The molecule has 0 aliphatic heterocycles. The van der Waals surface area contributed by atoms with Crippen molar-refractivity contribution >= 4 is 5.97 Å². The number of aromatic carboxylic acids is 1. The van der Waals surface area contributed by atoms with Gasteiger partial charge in [0.15, 0.2) is 0 Å². The molecule has 2 nitrogen and oxygen atoms in total. The first-order valence-electron chi connectivity index (χ1n) is 3.75. The van der Waals surface area contributed by atoms with Crippen LogP contribution < -0.4 is 0 Å². The van der Waals surface area contributed by atoms with Crippen LogP contribution in [0.25, 0.3) is 0 Å². The van der Waals surface area contributed by atoms with Gasteiger partial charge >= 0.3 is 5.97 Å². The van der Waals surface area contributed by atoms with E-state index in [0.29, 0.717) is 6.07 Å². The molecule has 0 atom stereocenters. The Balaban J connectivity index is 3.40. The molecule has 0 saturated carbocycles. The minimum atomic E-state index is -2.87. The van der Waals surface area contributed by atoms with Crippen molar-refractivity contribution in [3.05, 3.63) is 34.6 Å². The quantitative estimate of drug-likeness (QED) is 0.804. The predicted octanol–water partition coefficient (Wildman–Crippen LogP) is 2.77. The Bertz CT molecular complexity index is 375. The molecule has 1 rings (SSSR count). The van der Waals surface area contributed by atoms with E-state index in [2.05, 4.69) is 0 Å². The molecule has 0 fully saturated rings. The molecule has 0 aliphatic carbocycles. The summed E-state index contributed by atoms with van der Waals surface area (Å²) in [6, 6.07) is 1.37. The molecular formula is C9H7F3O2. The van der Waals surface area contributed by atoms with Gasteiger partial charge in [0.2, 0.25) is 0 Å². The average Bonchev–Trinajstić information content (AvgIpc) is 2.07. The molecule has 1 aromatic rings. The van der Waals surface area contributed by atoms with Crippen LogP contribution in [0.3, 0.4) is 0 Å². The third-order valence-corrected chi connectivity index (χ3v) is 1.88. The molecule has 0 unspecified atom stereocenters. The van der Waals surface area contributed by atoms with E-state index in [4.69, 9.17) is 5.11 Å². The van der Waals surface area contributed by atoms with Crippen molar-refractivity contribution in [1.29, 1.82) is 0 Å². The number of carboxylic acids is 1. The Morgan fingerprint density at radius 3 is 2.43 bits per heavy atom. The molecular weight excluding hydrogens is 197 g/mol. The largest absolute Gasteiger partial charge is 0.478 e. The first-order valence-corrected chi connectivity index (χ1v) is 3.75. The zero-order chi connectivity index (χ0) is 10.9. The van der Waals surface area contributed by atoms with Crippen LogP contribution in [-0.2, 0) is 0 Å². The van der Waals surface area contributed by atoms with Gasteiger partial charge < -0.3 is 5.11 Å². The minimum Gasteiger partial charge on any atom is -0.478 e. The molecule has 0 spiro atoms. The summed E-state index contributed by atoms with van der Waals surface area (Å²) in [7, 11) is 0. The van der Waals surface area contributed by atoms with Gasteiger partial charge in [-0.05, 0) is 24.6 Å². The number of alkyl halides is 2. The maximum Gasteiger partial charge on any atom is 0.336 e. The fraction of sp³-hybridized carbons (Fsp3) is 0.222. The van der Waals surface area contributed by atoms with Crippen LogP contribution in [0.2, 0.25) is 0 Å². The molecule has 0 aromatic heterocycles. The van der Waals surface area contributed by atoms with E-state index in [-0.39, 0.29) is 5.56 Å². The van der Waals surface area contributed by atoms with Crippen LogP contribution in [0, 0.1) is 12.7 Å². The van der Waals surface area contributed by atoms with Gasteiger partial charge in [-0.1, -0.05) is 0 Å². The lowest BCUT2D eigenvalue weighted by Crippen LogP contribution is -2.04. The summed E-state index contributed by atoms with van der Waals surface area (Å²) >= 11 is 0. The van der Waals surface area contributed by atoms with Crippen molar-refractivity contribution in [2.45, 2.75) is 13.3 Å². The van der Waals surface area contributed by atoms with E-state index in [1.165, 1.54) is 6.92 Å². The summed E-state index contributed by atoms with van der Waals surface area (Å²) in [5.41, 5.74) is -1.11. The van der Waals surface area contributed by atoms with E-state index in [9.17, 15) is 18.0 Å². The monoisotopic (exact) mass is 204 g/mol. The van der Waals surface area contributed by atoms with Crippen molar-refractivity contribution in [3.8, 4) is 0 Å². The van der Waals surface area contributed by atoms with Gasteiger partial charge in [-0.2, -0.15) is 0 Å². The van der Waals surface area contributed by atoms with E-state index < -0.39 is 29.3 Å². The highest BCUT2D eigenvalue weighted by molar-refractivity contribution is 5.89. The van der Waals surface area contributed by atoms with Crippen LogP contribution in [0.5, 0.6) is 0 Å². The normalized spacial score (nSPS) is 10.6. The standard InChI is InChI=1S/C9H7F3O2/c1-4-6(8(11)12)2-5(10)3-7(4)9(13)14/h2-3,8H,1H3,(H,13,14). The third kappa shape index (κ3) is 1.86. The van der Waals surface area contributed by atoms with Crippen molar-refractivity contribution in [2.24, 2.45) is 0 Å². The highest BCUT2D eigenvalue weighted by Gasteiger charge is 2.18. The molecule has 1 aromatic carbocycles. The van der Waals surface area contributed by atoms with Crippen molar-refractivity contribution in [1.82, 2.24) is 0 Å². The Kier molecular flexibility index (Phi) is 2.78. The Labute approximate surface area is 78.0 Å². The number of carbonyl (C=O) groups is 1. The molecule has 76 valence electrons. The van der Waals surface area contributed by atoms with Crippen molar-refractivity contribution < 1.29 is 23.1 Å². The second-order valence-electron chi connectivity index (χ2n) is 2.77. The van der Waals surface area contributed by atoms with Crippen LogP contribution in [0.15, 0.2) is 12.1 Å². The van der Waals surface area contributed by atoms with Gasteiger partial charge in [0.1, 0.15) is 5.82 Å². The molecule has 14 heavy (non-hydrogen) atoms. The van der Waals surface area contributed by atoms with Gasteiger partial charge in [0.05, 0.1) is 5.56 Å². The maximum atomic E-state index is 12.7. The van der Waals surface area contributed by atoms with E-state index in [1.807, 2.05) is 0 Å². The van der Waals surface area contributed by atoms with E-state index in [1.54, 1.807) is 0 Å². The topological polar surface area (TPSA) is 37.3 Å². The smallest absolute Gasteiger partial charge is 0.336 e. The summed E-state index contributed by atoms with van der Waals surface area (Å²) in [6.45, 7) is 1.23. The number of carboxylic acid groups (broad SMARTS) is 1. The molecule has 5 heteroatoms. The number of hydrogen-bond donors (Lipinski definition) is 1. The van der Waals surface area contributed by atoms with Crippen molar-refractivity contribution in [2.75, 3.05) is 0 Å². The second kappa shape index (κ2) is 3.69. The van der Waals surface area contributed by atoms with Crippen LogP contribution >= 0.6 is 0 Å². The van der Waals surface area contributed by atoms with Gasteiger partial charge in [0, 0.05) is 5.56 Å². The fourth-order valence-electron chi connectivity index (χ4n) is 1.15. The molecule has 0 amide bonds. The third-order valence-electron chi connectivity index (χ3n) is 1.88. The van der Waals surface area contributed by atoms with E-state index >= 15 is 0 Å². The Morgan fingerprint density at radius 2 is 2.00 bits per heavy atom. The number of rotatable bonds is 2. The molecule has 0 saturated heterocycles. The lowest BCUT2D eigenvalue weighted by molar-refractivity contribution is 0.0695. The molecule has 1 N–H and O–H groups in total. The average molecular weight is 204 g/mol. The van der Waals surface area contributed by atoms with Gasteiger partial charge in [-0.3, -0.25) is 0 Å². The predicted molar refractivity (Wildman–Crippen MR) is 43.1 cm³/mol. The molecule has 0 radical (unpaired) electrons. The molecule has 0 heterocycles. The van der Waals surface area contributed by atoms with Crippen LogP contribution in [0.4, 0.5) is 13.2 Å². The Hall–Kier alpha value is -1.52. The molecule has 0 aliphatic rings. The van der Waals surface area contributed by atoms with Gasteiger partial charge in [0.25, 0.3) is 6.43 Å². The zero-order valence-electron chi connectivity index (χ0n) is 7.22. The summed E-state index contributed by atoms with van der Waals surface area (Å²) in [5.74, 6) is -2.38. The fourth-order valence-corrected chi connectivity index (χ4v) is 1.15. The van der Waals surface area contributed by atoms with Gasteiger partial charge in [-0.15, -0.1) is 0 Å². The summed E-state index contributed by atoms with van der Waals surface area (Å²) in [4.78, 5) is 10.5. The first kappa shape index (κ1) is 10.6. The first-order chi connectivity index (χ1) is 6.43. The van der Waals surface area contributed by atoms with Crippen LogP contribution in [-0.4, -0.2) is 11.1 Å².